The van der Waals surface area contributed by atoms with Crippen LogP contribution in [0.5, 0.6) is 0 Å². The number of nitrogens with zero attached hydrogens (tertiary/aromatic N) is 2. The lowest BCUT2D eigenvalue weighted by Crippen LogP contribution is -2.23. The second-order valence-electron chi connectivity index (χ2n) is 4.04. The third-order valence-corrected chi connectivity index (χ3v) is 3.45. The van der Waals surface area contributed by atoms with E-state index in [9.17, 15) is 9.18 Å². The monoisotopic (exact) mass is 280 g/mol. The van der Waals surface area contributed by atoms with E-state index >= 15 is 0 Å². The van der Waals surface area contributed by atoms with E-state index in [0.717, 1.165) is 5.56 Å². The zero-order valence-electron chi connectivity index (χ0n) is 10.5. The molecule has 0 saturated heterocycles. The van der Waals surface area contributed by atoms with Gasteiger partial charge in [-0.05, 0) is 31.5 Å². The van der Waals surface area contributed by atoms with E-state index < -0.39 is 11.1 Å². The molecule has 0 bridgehead atoms. The molecular weight excluding hydrogens is 267 g/mol. The number of anilines is 1. The van der Waals surface area contributed by atoms with E-state index in [-0.39, 0.29) is 11.6 Å². The summed E-state index contributed by atoms with van der Waals surface area (Å²) in [6, 6.07) is 4.68. The fraction of sp³-hybridized carbons (Fsp3) is 0.250. The van der Waals surface area contributed by atoms with E-state index in [0.29, 0.717) is 5.03 Å². The summed E-state index contributed by atoms with van der Waals surface area (Å²) >= 11 is 1.25. The van der Waals surface area contributed by atoms with Gasteiger partial charge in [-0.1, -0.05) is 17.8 Å². The van der Waals surface area contributed by atoms with Crippen LogP contribution in [0.4, 0.5) is 10.1 Å². The molecule has 100 valence electrons. The largest absolute Gasteiger partial charge is 0.323 e. The second-order valence-corrected chi connectivity index (χ2v) is 5.40. The minimum Gasteiger partial charge on any atom is -0.323 e. The predicted octanol–water partition coefficient (Wildman–Crippen LogP) is 2.37. The summed E-state index contributed by atoms with van der Waals surface area (Å²) in [7, 11) is 0. The number of aromatic nitrogens is 3. The molecular formula is C12H13FN4OS. The summed E-state index contributed by atoms with van der Waals surface area (Å²) in [5.74, 6) is -0.720. The number of rotatable bonds is 4. The molecule has 7 heteroatoms. The highest BCUT2D eigenvalue weighted by molar-refractivity contribution is 8.00. The number of aryl methyl sites for hydroxylation is 1. The average Bonchev–Trinajstić information content (AvgIpc) is 2.85. The van der Waals surface area contributed by atoms with E-state index in [2.05, 4.69) is 20.7 Å². The van der Waals surface area contributed by atoms with Gasteiger partial charge in [0, 0.05) is 0 Å². The first-order chi connectivity index (χ1) is 9.06. The van der Waals surface area contributed by atoms with Gasteiger partial charge in [0.2, 0.25) is 5.91 Å². The van der Waals surface area contributed by atoms with E-state index in [1.807, 2.05) is 0 Å². The Kier molecular flexibility index (Phi) is 4.16. The van der Waals surface area contributed by atoms with Crippen molar-refractivity contribution in [1.82, 2.24) is 15.4 Å². The quantitative estimate of drug-likeness (QED) is 0.843. The van der Waals surface area contributed by atoms with Crippen molar-refractivity contribution in [3.63, 3.8) is 0 Å². The van der Waals surface area contributed by atoms with Crippen molar-refractivity contribution < 1.29 is 9.18 Å². The maximum Gasteiger partial charge on any atom is 0.237 e. The van der Waals surface area contributed by atoms with Crippen molar-refractivity contribution in [2.45, 2.75) is 24.1 Å². The Bertz CT molecular complexity index is 573. The summed E-state index contributed by atoms with van der Waals surface area (Å²) in [4.78, 5) is 11.9. The third kappa shape index (κ3) is 3.54. The van der Waals surface area contributed by atoms with Crippen LogP contribution in [-0.4, -0.2) is 26.6 Å². The number of carbonyl (C=O) groups excluding carboxylic acids is 1. The lowest BCUT2D eigenvalue weighted by molar-refractivity contribution is -0.115. The Morgan fingerprint density at radius 2 is 2.32 bits per heavy atom. The van der Waals surface area contributed by atoms with Crippen molar-refractivity contribution in [2.75, 3.05) is 5.32 Å². The number of amides is 1. The molecule has 19 heavy (non-hydrogen) atoms. The molecule has 1 heterocycles. The van der Waals surface area contributed by atoms with Gasteiger partial charge in [0.05, 0.1) is 17.1 Å². The van der Waals surface area contributed by atoms with Crippen molar-refractivity contribution in [1.29, 1.82) is 0 Å². The van der Waals surface area contributed by atoms with Crippen molar-refractivity contribution in [2.24, 2.45) is 0 Å². The van der Waals surface area contributed by atoms with Crippen molar-refractivity contribution in [3.8, 4) is 0 Å². The Morgan fingerprint density at radius 1 is 1.53 bits per heavy atom. The molecule has 1 aromatic carbocycles. The summed E-state index contributed by atoms with van der Waals surface area (Å²) in [6.45, 7) is 3.51. The maximum atomic E-state index is 13.6. The van der Waals surface area contributed by atoms with E-state index in [1.165, 1.54) is 24.0 Å². The lowest BCUT2D eigenvalue weighted by atomic mass is 10.2. The van der Waals surface area contributed by atoms with Crippen LogP contribution in [0, 0.1) is 12.7 Å². The average molecular weight is 280 g/mol. The second kappa shape index (κ2) is 5.83. The molecule has 1 amide bonds. The van der Waals surface area contributed by atoms with Gasteiger partial charge in [-0.25, -0.2) is 4.39 Å². The minimum absolute atomic E-state index is 0.184. The van der Waals surface area contributed by atoms with Crippen molar-refractivity contribution >= 4 is 23.4 Å². The number of hydrogen-bond donors (Lipinski definition) is 2. The molecule has 0 radical (unpaired) electrons. The molecule has 0 unspecified atom stereocenters. The third-order valence-electron chi connectivity index (χ3n) is 2.44. The van der Waals surface area contributed by atoms with Crippen LogP contribution in [-0.2, 0) is 4.79 Å². The fourth-order valence-electron chi connectivity index (χ4n) is 1.44. The Hall–Kier alpha value is -1.89. The van der Waals surface area contributed by atoms with Gasteiger partial charge in [-0.2, -0.15) is 10.3 Å². The molecule has 2 N–H and O–H groups in total. The van der Waals surface area contributed by atoms with Crippen molar-refractivity contribution in [3.05, 3.63) is 35.8 Å². The number of nitrogens with one attached hydrogen (secondary N) is 2. The number of hydrogen-bond acceptors (Lipinski definition) is 4. The molecule has 0 spiro atoms. The summed E-state index contributed by atoms with van der Waals surface area (Å²) in [6.07, 6.45) is 1.53. The lowest BCUT2D eigenvalue weighted by Gasteiger charge is -2.11. The first kappa shape index (κ1) is 13.5. The van der Waals surface area contributed by atoms with Crippen LogP contribution < -0.4 is 5.32 Å². The van der Waals surface area contributed by atoms with Gasteiger partial charge in [0.1, 0.15) is 10.8 Å². The van der Waals surface area contributed by atoms with E-state index in [4.69, 9.17) is 0 Å². The van der Waals surface area contributed by atoms with Crippen LogP contribution >= 0.6 is 11.8 Å². The highest BCUT2D eigenvalue weighted by atomic mass is 32.2. The standard InChI is InChI=1S/C12H13FN4OS/c1-7-3-4-10(9(13)5-7)15-12(18)8(2)19-11-6-14-17-16-11/h3-6,8H,1-2H3,(H,15,18)(H,14,16,17)/t8-/m0/s1. The zero-order valence-corrected chi connectivity index (χ0v) is 11.3. The normalized spacial score (nSPS) is 12.2. The summed E-state index contributed by atoms with van der Waals surface area (Å²) in [5, 5.41) is 12.7. The van der Waals surface area contributed by atoms with Gasteiger partial charge in [-0.3, -0.25) is 4.79 Å². The first-order valence-electron chi connectivity index (χ1n) is 5.65. The van der Waals surface area contributed by atoms with Gasteiger partial charge >= 0.3 is 0 Å². The molecule has 0 aliphatic heterocycles. The van der Waals surface area contributed by atoms with Crippen LogP contribution in [0.25, 0.3) is 0 Å². The number of carbonyl (C=O) groups is 1. The fourth-order valence-corrected chi connectivity index (χ4v) is 2.17. The topological polar surface area (TPSA) is 70.7 Å². The molecule has 2 rings (SSSR count). The van der Waals surface area contributed by atoms with Gasteiger partial charge in [-0.15, -0.1) is 5.10 Å². The molecule has 5 nitrogen and oxygen atoms in total. The highest BCUT2D eigenvalue weighted by Gasteiger charge is 2.17. The summed E-state index contributed by atoms with van der Waals surface area (Å²) in [5.41, 5.74) is 0.990. The maximum absolute atomic E-state index is 13.6. The highest BCUT2D eigenvalue weighted by Crippen LogP contribution is 2.22. The van der Waals surface area contributed by atoms with Crippen LogP contribution in [0.3, 0.4) is 0 Å². The first-order valence-corrected chi connectivity index (χ1v) is 6.53. The molecule has 0 fully saturated rings. The van der Waals surface area contributed by atoms with Gasteiger partial charge in [0.15, 0.2) is 0 Å². The van der Waals surface area contributed by atoms with Gasteiger partial charge < -0.3 is 5.32 Å². The smallest absolute Gasteiger partial charge is 0.237 e. The number of H-pyrrole nitrogens is 1. The molecule has 0 aliphatic carbocycles. The van der Waals surface area contributed by atoms with E-state index in [1.54, 1.807) is 26.0 Å². The number of aromatic amines is 1. The van der Waals surface area contributed by atoms with Crippen LogP contribution in [0.15, 0.2) is 29.4 Å². The molecule has 1 aromatic heterocycles. The SMILES string of the molecule is Cc1ccc(NC(=O)[C@H](C)Sc2cn[nH]n2)c(F)c1. The predicted molar refractivity (Wildman–Crippen MR) is 71.5 cm³/mol. The Labute approximate surface area is 114 Å². The number of benzene rings is 1. The molecule has 1 atom stereocenters. The zero-order chi connectivity index (χ0) is 13.8. The van der Waals surface area contributed by atoms with Gasteiger partial charge in [0.25, 0.3) is 0 Å². The molecule has 0 aliphatic rings. The number of thioether (sulfide) groups is 1. The molecule has 0 saturated carbocycles. The van der Waals surface area contributed by atoms with Crippen LogP contribution in [0.1, 0.15) is 12.5 Å². The minimum atomic E-state index is -0.438. The Morgan fingerprint density at radius 3 is 2.95 bits per heavy atom. The molecule has 2 aromatic rings. The Balaban J connectivity index is 2.00. The van der Waals surface area contributed by atoms with Crippen LogP contribution in [0.2, 0.25) is 0 Å². The summed E-state index contributed by atoms with van der Waals surface area (Å²) < 4.78 is 13.6. The number of halogens is 1.